The number of aliphatic hydroxyl groups excluding tert-OH is 2. The quantitative estimate of drug-likeness (QED) is 0.438. The van der Waals surface area contributed by atoms with E-state index < -0.39 is 48.0 Å². The molecule has 13 heteroatoms. The third-order valence-corrected chi connectivity index (χ3v) is 6.06. The van der Waals surface area contributed by atoms with Crippen LogP contribution in [0.4, 0.5) is 19.0 Å². The van der Waals surface area contributed by atoms with Gasteiger partial charge < -0.3 is 25.2 Å². The highest BCUT2D eigenvalue weighted by Crippen LogP contribution is 2.36. The number of halogens is 3. The van der Waals surface area contributed by atoms with Crippen LogP contribution in [0.3, 0.4) is 0 Å². The molecule has 0 unspecified atom stereocenters. The van der Waals surface area contributed by atoms with Gasteiger partial charge in [-0.1, -0.05) is 0 Å². The third kappa shape index (κ3) is 4.06. The summed E-state index contributed by atoms with van der Waals surface area (Å²) in [7, 11) is 0. The SMILES string of the molecule is O=C(c1[nH]nc2ncnc(N[C@@H]3COC[C@@H](O)[C@H]3O)c12)N1C[C@@H](F)C[C@@H]1c1cc(F)cc(F)c1. The van der Waals surface area contributed by atoms with E-state index >= 15 is 0 Å². The molecule has 2 aliphatic heterocycles. The third-order valence-electron chi connectivity index (χ3n) is 6.06. The number of ether oxygens (including phenoxy) is 1. The Balaban J connectivity index is 1.49. The number of nitrogens with one attached hydrogen (secondary N) is 2. The minimum atomic E-state index is -1.39. The minimum Gasteiger partial charge on any atom is -0.388 e. The lowest BCUT2D eigenvalue weighted by atomic mass is 10.0. The zero-order chi connectivity index (χ0) is 24.0. The number of aromatic amines is 1. The lowest BCUT2D eigenvalue weighted by molar-refractivity contribution is -0.0923. The second-order valence-electron chi connectivity index (χ2n) is 8.37. The molecule has 2 aliphatic rings. The lowest BCUT2D eigenvalue weighted by Crippen LogP contribution is -2.51. The molecule has 34 heavy (non-hydrogen) atoms. The number of hydrogen-bond donors (Lipinski definition) is 4. The maximum atomic E-state index is 14.4. The second-order valence-corrected chi connectivity index (χ2v) is 8.37. The van der Waals surface area contributed by atoms with Gasteiger partial charge in [-0.05, 0) is 17.7 Å². The van der Waals surface area contributed by atoms with Gasteiger partial charge >= 0.3 is 0 Å². The van der Waals surface area contributed by atoms with Crippen LogP contribution in [0.15, 0.2) is 24.5 Å². The van der Waals surface area contributed by atoms with Crippen LogP contribution in [0.25, 0.3) is 11.0 Å². The Morgan fingerprint density at radius 1 is 1.18 bits per heavy atom. The summed E-state index contributed by atoms with van der Waals surface area (Å²) < 4.78 is 47.2. The van der Waals surface area contributed by atoms with Gasteiger partial charge in [0.15, 0.2) is 5.65 Å². The number of H-pyrrole nitrogens is 1. The van der Waals surface area contributed by atoms with Crippen molar-refractivity contribution in [2.24, 2.45) is 0 Å². The van der Waals surface area contributed by atoms with Gasteiger partial charge in [0.25, 0.3) is 5.91 Å². The van der Waals surface area contributed by atoms with Crippen molar-refractivity contribution in [3.05, 3.63) is 47.4 Å². The maximum Gasteiger partial charge on any atom is 0.273 e. The highest BCUT2D eigenvalue weighted by molar-refractivity contribution is 6.07. The van der Waals surface area contributed by atoms with E-state index in [2.05, 4.69) is 25.5 Å². The Morgan fingerprint density at radius 3 is 2.71 bits per heavy atom. The Labute approximate surface area is 190 Å². The predicted molar refractivity (Wildman–Crippen MR) is 112 cm³/mol. The molecular weight excluding hydrogens is 457 g/mol. The summed E-state index contributed by atoms with van der Waals surface area (Å²) >= 11 is 0. The zero-order valence-corrected chi connectivity index (χ0v) is 17.7. The number of anilines is 1. The van der Waals surface area contributed by atoms with E-state index in [0.29, 0.717) is 6.07 Å². The first kappa shape index (κ1) is 22.5. The molecule has 0 bridgehead atoms. The number of alkyl halides is 1. The van der Waals surface area contributed by atoms with Gasteiger partial charge in [0.2, 0.25) is 0 Å². The van der Waals surface area contributed by atoms with E-state index in [1.807, 2.05) is 0 Å². The molecular formula is C21H21F3N6O4. The van der Waals surface area contributed by atoms with E-state index in [0.717, 1.165) is 12.1 Å². The highest BCUT2D eigenvalue weighted by atomic mass is 19.1. The number of rotatable bonds is 4. The number of likely N-dealkylation sites (tertiary alicyclic amines) is 1. The highest BCUT2D eigenvalue weighted by Gasteiger charge is 2.39. The summed E-state index contributed by atoms with van der Waals surface area (Å²) in [5, 5.41) is 29.9. The molecule has 5 rings (SSSR count). The van der Waals surface area contributed by atoms with Gasteiger partial charge in [0.05, 0.1) is 37.2 Å². The smallest absolute Gasteiger partial charge is 0.273 e. The van der Waals surface area contributed by atoms with Crippen LogP contribution in [-0.2, 0) is 4.74 Å². The molecule has 3 aromatic rings. The fraction of sp³-hybridized carbons (Fsp3) is 0.429. The van der Waals surface area contributed by atoms with Crippen LogP contribution in [0.2, 0.25) is 0 Å². The monoisotopic (exact) mass is 478 g/mol. The van der Waals surface area contributed by atoms with E-state index in [1.165, 1.54) is 11.2 Å². The Morgan fingerprint density at radius 2 is 1.94 bits per heavy atom. The summed E-state index contributed by atoms with van der Waals surface area (Å²) in [6.45, 7) is -0.219. The number of amides is 1. The largest absolute Gasteiger partial charge is 0.388 e. The molecule has 0 radical (unpaired) electrons. The first-order valence-electron chi connectivity index (χ1n) is 10.6. The second kappa shape index (κ2) is 8.81. The summed E-state index contributed by atoms with van der Waals surface area (Å²) in [5.74, 6) is -2.16. The number of carbonyl (C=O) groups is 1. The van der Waals surface area contributed by atoms with Gasteiger partial charge in [0.1, 0.15) is 47.9 Å². The average Bonchev–Trinajstić information content (AvgIpc) is 3.40. The van der Waals surface area contributed by atoms with Crippen LogP contribution in [0.1, 0.15) is 28.5 Å². The predicted octanol–water partition coefficient (Wildman–Crippen LogP) is 1.09. The standard InChI is InChI=1S/C21H21F3N6O4/c22-10-1-9(2-11(23)3-10)14-4-12(24)5-30(14)21(33)17-16-19(25-8-26-20(16)29-28-17)27-13-6-34-7-15(31)18(13)32/h1-3,8,12-15,18,31-32H,4-7H2,(H2,25,26,27,28,29)/t12-,13+,14+,15+,18-/m0/s1. The van der Waals surface area contributed by atoms with E-state index in [1.54, 1.807) is 0 Å². The number of aromatic nitrogens is 4. The number of fused-ring (bicyclic) bond motifs is 1. The van der Waals surface area contributed by atoms with Crippen LogP contribution >= 0.6 is 0 Å². The Kier molecular flexibility index (Phi) is 5.83. The van der Waals surface area contributed by atoms with Crippen molar-refractivity contribution in [3.63, 3.8) is 0 Å². The number of carbonyl (C=O) groups excluding carboxylic acids is 1. The van der Waals surface area contributed by atoms with Crippen molar-refractivity contribution in [2.45, 2.75) is 36.9 Å². The summed E-state index contributed by atoms with van der Waals surface area (Å²) in [5.41, 5.74) is 0.221. The van der Waals surface area contributed by atoms with Gasteiger partial charge in [-0.25, -0.2) is 23.1 Å². The molecule has 1 amide bonds. The molecule has 2 aromatic heterocycles. The molecule has 1 aromatic carbocycles. The van der Waals surface area contributed by atoms with E-state index in [4.69, 9.17) is 4.74 Å². The molecule has 0 saturated carbocycles. The van der Waals surface area contributed by atoms with Gasteiger partial charge in [-0.3, -0.25) is 9.89 Å². The fourth-order valence-electron chi connectivity index (χ4n) is 4.44. The number of nitrogens with zero attached hydrogens (tertiary/aromatic N) is 4. The molecule has 180 valence electrons. The average molecular weight is 478 g/mol. The maximum absolute atomic E-state index is 14.4. The van der Waals surface area contributed by atoms with Gasteiger partial charge in [0, 0.05) is 12.5 Å². The van der Waals surface area contributed by atoms with Crippen LogP contribution < -0.4 is 5.32 Å². The van der Waals surface area contributed by atoms with Crippen LogP contribution in [-0.4, -0.2) is 85.4 Å². The van der Waals surface area contributed by atoms with E-state index in [-0.39, 0.29) is 54.3 Å². The summed E-state index contributed by atoms with van der Waals surface area (Å²) in [6.07, 6.45) is -2.56. The van der Waals surface area contributed by atoms with Crippen molar-refractivity contribution in [1.82, 2.24) is 25.1 Å². The van der Waals surface area contributed by atoms with Crippen molar-refractivity contribution in [3.8, 4) is 0 Å². The summed E-state index contributed by atoms with van der Waals surface area (Å²) in [4.78, 5) is 22.8. The molecule has 0 aliphatic carbocycles. The Hall–Kier alpha value is -3.29. The summed E-state index contributed by atoms with van der Waals surface area (Å²) in [6, 6.07) is 1.22. The van der Waals surface area contributed by atoms with Crippen molar-refractivity contribution in [2.75, 3.05) is 25.1 Å². The molecule has 2 fully saturated rings. The van der Waals surface area contributed by atoms with Crippen LogP contribution in [0, 0.1) is 11.6 Å². The number of benzene rings is 1. The minimum absolute atomic E-state index is 0.0185. The normalized spacial score (nSPS) is 27.3. The number of aliphatic hydroxyl groups is 2. The van der Waals surface area contributed by atoms with Crippen molar-refractivity contribution >= 4 is 22.8 Å². The molecule has 4 heterocycles. The van der Waals surface area contributed by atoms with Gasteiger partial charge in [-0.15, -0.1) is 0 Å². The van der Waals surface area contributed by atoms with Crippen molar-refractivity contribution in [1.29, 1.82) is 0 Å². The fourth-order valence-corrected chi connectivity index (χ4v) is 4.44. The first-order chi connectivity index (χ1) is 16.3. The topological polar surface area (TPSA) is 136 Å². The van der Waals surface area contributed by atoms with E-state index in [9.17, 15) is 28.2 Å². The van der Waals surface area contributed by atoms with Crippen molar-refractivity contribution < 1.29 is 32.9 Å². The molecule has 0 spiro atoms. The zero-order valence-electron chi connectivity index (χ0n) is 17.7. The van der Waals surface area contributed by atoms with Crippen LogP contribution in [0.5, 0.6) is 0 Å². The first-order valence-corrected chi connectivity index (χ1v) is 10.6. The molecule has 4 N–H and O–H groups in total. The molecule has 10 nitrogen and oxygen atoms in total. The van der Waals surface area contributed by atoms with Gasteiger partial charge in [-0.2, -0.15) is 5.10 Å². The molecule has 2 saturated heterocycles. The Bertz CT molecular complexity index is 1210. The molecule has 5 atom stereocenters. The number of hydrogen-bond acceptors (Lipinski definition) is 8. The lowest BCUT2D eigenvalue weighted by Gasteiger charge is -2.32.